The van der Waals surface area contributed by atoms with E-state index in [1.165, 1.54) is 6.20 Å². The van der Waals surface area contributed by atoms with Crippen LogP contribution in [-0.4, -0.2) is 15.2 Å². The van der Waals surface area contributed by atoms with Gasteiger partial charge in [-0.3, -0.25) is 4.98 Å². The highest BCUT2D eigenvalue weighted by Crippen LogP contribution is 2.23. The van der Waals surface area contributed by atoms with Crippen molar-refractivity contribution >= 4 is 15.9 Å². The molecule has 0 radical (unpaired) electrons. The second-order valence-electron chi connectivity index (χ2n) is 3.03. The Labute approximate surface area is 102 Å². The first kappa shape index (κ1) is 12.0. The molecule has 0 atom stereocenters. The standard InChI is InChI=1S/C9H5BrF3N3O/c10-2-6-5(11)1-4(3-14-6)8-15-16-9(17-8)7(12)13/h1,3,7H,2H2. The molecule has 2 heterocycles. The van der Waals surface area contributed by atoms with Crippen LogP contribution in [-0.2, 0) is 5.33 Å². The zero-order chi connectivity index (χ0) is 12.4. The van der Waals surface area contributed by atoms with Gasteiger partial charge in [-0.05, 0) is 6.07 Å². The number of hydrogen-bond donors (Lipinski definition) is 0. The highest BCUT2D eigenvalue weighted by molar-refractivity contribution is 9.08. The Morgan fingerprint density at radius 2 is 2.12 bits per heavy atom. The van der Waals surface area contributed by atoms with Crippen molar-refractivity contribution in [2.24, 2.45) is 0 Å². The van der Waals surface area contributed by atoms with Gasteiger partial charge in [0.05, 0.1) is 11.3 Å². The van der Waals surface area contributed by atoms with E-state index in [-0.39, 0.29) is 22.5 Å². The van der Waals surface area contributed by atoms with Crippen molar-refractivity contribution < 1.29 is 17.6 Å². The fourth-order valence-electron chi connectivity index (χ4n) is 1.12. The molecule has 0 aromatic carbocycles. The minimum Gasteiger partial charge on any atom is -0.415 e. The van der Waals surface area contributed by atoms with E-state index < -0.39 is 18.1 Å². The summed E-state index contributed by atoms with van der Waals surface area (Å²) in [5.74, 6) is -1.56. The van der Waals surface area contributed by atoms with Gasteiger partial charge in [-0.1, -0.05) is 15.9 Å². The second-order valence-corrected chi connectivity index (χ2v) is 3.59. The average Bonchev–Trinajstić information content (AvgIpc) is 2.78. The topological polar surface area (TPSA) is 51.8 Å². The van der Waals surface area contributed by atoms with Crippen LogP contribution in [0.1, 0.15) is 18.0 Å². The van der Waals surface area contributed by atoms with Crippen LogP contribution in [0.15, 0.2) is 16.7 Å². The van der Waals surface area contributed by atoms with Crippen molar-refractivity contribution in [1.29, 1.82) is 0 Å². The fraction of sp³-hybridized carbons (Fsp3) is 0.222. The van der Waals surface area contributed by atoms with Gasteiger partial charge in [0, 0.05) is 11.5 Å². The van der Waals surface area contributed by atoms with Crippen LogP contribution >= 0.6 is 15.9 Å². The molecule has 2 aromatic heterocycles. The quantitative estimate of drug-likeness (QED) is 0.818. The molecule has 8 heteroatoms. The summed E-state index contributed by atoms with van der Waals surface area (Å²) in [6, 6.07) is 1.10. The normalized spacial score (nSPS) is 11.1. The molecule has 90 valence electrons. The van der Waals surface area contributed by atoms with E-state index in [0.717, 1.165) is 6.07 Å². The molecule has 17 heavy (non-hydrogen) atoms. The molecule has 0 N–H and O–H groups in total. The Balaban J connectivity index is 2.36. The summed E-state index contributed by atoms with van der Waals surface area (Å²) in [5, 5.41) is 6.78. The zero-order valence-corrected chi connectivity index (χ0v) is 9.79. The zero-order valence-electron chi connectivity index (χ0n) is 8.20. The molecule has 0 aliphatic heterocycles. The number of aromatic nitrogens is 3. The van der Waals surface area contributed by atoms with Gasteiger partial charge >= 0.3 is 6.43 Å². The minimum absolute atomic E-state index is 0.159. The Morgan fingerprint density at radius 1 is 1.35 bits per heavy atom. The molecule has 0 amide bonds. The summed E-state index contributed by atoms with van der Waals surface area (Å²) >= 11 is 3.06. The van der Waals surface area contributed by atoms with Crippen molar-refractivity contribution in [2.75, 3.05) is 0 Å². The maximum absolute atomic E-state index is 13.4. The summed E-state index contributed by atoms with van der Waals surface area (Å²) in [6.07, 6.45) is -1.57. The SMILES string of the molecule is Fc1cc(-c2nnc(C(F)F)o2)cnc1CBr. The summed E-state index contributed by atoms with van der Waals surface area (Å²) in [4.78, 5) is 3.79. The third-order valence-corrected chi connectivity index (χ3v) is 2.45. The van der Waals surface area contributed by atoms with Gasteiger partial charge in [0.25, 0.3) is 5.89 Å². The lowest BCUT2D eigenvalue weighted by Crippen LogP contribution is -1.92. The minimum atomic E-state index is -2.85. The largest absolute Gasteiger partial charge is 0.415 e. The third-order valence-electron chi connectivity index (χ3n) is 1.92. The van der Waals surface area contributed by atoms with Crippen molar-refractivity contribution in [2.45, 2.75) is 11.8 Å². The number of pyridine rings is 1. The lowest BCUT2D eigenvalue weighted by atomic mass is 10.2. The van der Waals surface area contributed by atoms with Crippen LogP contribution in [0.4, 0.5) is 13.2 Å². The lowest BCUT2D eigenvalue weighted by Gasteiger charge is -1.99. The van der Waals surface area contributed by atoms with E-state index >= 15 is 0 Å². The molecule has 0 aliphatic carbocycles. The molecule has 0 saturated carbocycles. The molecule has 2 aromatic rings. The average molecular weight is 308 g/mol. The number of alkyl halides is 3. The molecular formula is C9H5BrF3N3O. The monoisotopic (exact) mass is 307 g/mol. The summed E-state index contributed by atoms with van der Waals surface area (Å²) in [6.45, 7) is 0. The van der Waals surface area contributed by atoms with Crippen LogP contribution in [0.25, 0.3) is 11.5 Å². The van der Waals surface area contributed by atoms with E-state index in [2.05, 4.69) is 35.5 Å². The van der Waals surface area contributed by atoms with E-state index in [1.807, 2.05) is 0 Å². The number of hydrogen-bond acceptors (Lipinski definition) is 4. The van der Waals surface area contributed by atoms with Crippen LogP contribution in [0.5, 0.6) is 0 Å². The van der Waals surface area contributed by atoms with Crippen LogP contribution in [0.3, 0.4) is 0 Å². The van der Waals surface area contributed by atoms with Crippen LogP contribution in [0, 0.1) is 5.82 Å². The second kappa shape index (κ2) is 4.82. The van der Waals surface area contributed by atoms with E-state index in [4.69, 9.17) is 0 Å². The highest BCUT2D eigenvalue weighted by Gasteiger charge is 2.17. The van der Waals surface area contributed by atoms with Crippen molar-refractivity contribution in [3.8, 4) is 11.5 Å². The first-order valence-electron chi connectivity index (χ1n) is 4.44. The predicted molar refractivity (Wildman–Crippen MR) is 55.1 cm³/mol. The molecule has 0 saturated heterocycles. The van der Waals surface area contributed by atoms with Gasteiger partial charge in [-0.25, -0.2) is 4.39 Å². The highest BCUT2D eigenvalue weighted by atomic mass is 79.9. The lowest BCUT2D eigenvalue weighted by molar-refractivity contribution is 0.116. The maximum atomic E-state index is 13.4. The van der Waals surface area contributed by atoms with Gasteiger partial charge in [0.15, 0.2) is 0 Å². The Bertz CT molecular complexity index is 532. The van der Waals surface area contributed by atoms with Gasteiger partial charge in [-0.2, -0.15) is 8.78 Å². The first-order valence-corrected chi connectivity index (χ1v) is 5.56. The van der Waals surface area contributed by atoms with Gasteiger partial charge in [0.1, 0.15) is 5.82 Å². The summed E-state index contributed by atoms with van der Waals surface area (Å²) in [7, 11) is 0. The van der Waals surface area contributed by atoms with E-state index in [9.17, 15) is 13.2 Å². The van der Waals surface area contributed by atoms with Gasteiger partial charge < -0.3 is 4.42 Å². The first-order chi connectivity index (χ1) is 8.11. The maximum Gasteiger partial charge on any atom is 0.314 e. The fourth-order valence-corrected chi connectivity index (χ4v) is 1.53. The third kappa shape index (κ3) is 2.46. The smallest absolute Gasteiger partial charge is 0.314 e. The molecule has 0 unspecified atom stereocenters. The number of halogens is 4. The van der Waals surface area contributed by atoms with Crippen molar-refractivity contribution in [3.63, 3.8) is 0 Å². The molecule has 0 aliphatic rings. The van der Waals surface area contributed by atoms with Crippen molar-refractivity contribution in [1.82, 2.24) is 15.2 Å². The Kier molecular flexibility index (Phi) is 3.41. The van der Waals surface area contributed by atoms with Gasteiger partial charge in [-0.15, -0.1) is 10.2 Å². The predicted octanol–water partition coefficient (Wildman–Crippen LogP) is 3.10. The Morgan fingerprint density at radius 3 is 2.65 bits per heavy atom. The molecule has 2 rings (SSSR count). The van der Waals surface area contributed by atoms with E-state index in [0.29, 0.717) is 0 Å². The van der Waals surface area contributed by atoms with E-state index in [1.54, 1.807) is 0 Å². The summed E-state index contributed by atoms with van der Waals surface area (Å²) < 4.78 is 42.4. The summed E-state index contributed by atoms with van der Waals surface area (Å²) in [5.41, 5.74) is 0.369. The van der Waals surface area contributed by atoms with Crippen molar-refractivity contribution in [3.05, 3.63) is 29.7 Å². The molecule has 4 nitrogen and oxygen atoms in total. The van der Waals surface area contributed by atoms with Crippen LogP contribution in [0.2, 0.25) is 0 Å². The molecular weight excluding hydrogens is 303 g/mol. The van der Waals surface area contributed by atoms with Gasteiger partial charge in [0.2, 0.25) is 5.89 Å². The van der Waals surface area contributed by atoms with Crippen LogP contribution < -0.4 is 0 Å². The molecule has 0 fully saturated rings. The Hall–Kier alpha value is -1.44. The number of rotatable bonds is 3. The number of nitrogens with zero attached hydrogens (tertiary/aromatic N) is 3. The molecule has 0 spiro atoms. The molecule has 0 bridgehead atoms.